The Balaban J connectivity index is 1.19. The standard InChI is InChI=1S/C28H36N2O3/c1-2-33-25-19-24(28(25)15-6-3-7-16-28)29-26(31)21-13-17-30(18-14-21)27(32)23-12-8-10-20-9-4-5-11-22(20)23/h4-5,8-12,21,24-25H,2-3,6-7,13-19H2,1H3,(H,29,31)/t24-,25-/m0/s1. The Kier molecular flexibility index (Phi) is 6.42. The molecule has 2 amide bonds. The molecule has 0 aromatic heterocycles. The first-order chi connectivity index (χ1) is 16.1. The van der Waals surface area contributed by atoms with Gasteiger partial charge in [-0.25, -0.2) is 0 Å². The van der Waals surface area contributed by atoms with E-state index >= 15 is 0 Å². The fraction of sp³-hybridized carbons (Fsp3) is 0.571. The van der Waals surface area contributed by atoms with Gasteiger partial charge in [-0.2, -0.15) is 0 Å². The minimum Gasteiger partial charge on any atom is -0.378 e. The first-order valence-electron chi connectivity index (χ1n) is 12.8. The van der Waals surface area contributed by atoms with Crippen LogP contribution < -0.4 is 5.32 Å². The number of piperidine rings is 1. The Morgan fingerprint density at radius 1 is 1.03 bits per heavy atom. The van der Waals surface area contributed by atoms with Crippen molar-refractivity contribution in [2.45, 2.75) is 70.4 Å². The minimum absolute atomic E-state index is 0.00616. The minimum atomic E-state index is -0.00616. The summed E-state index contributed by atoms with van der Waals surface area (Å²) in [4.78, 5) is 28.3. The van der Waals surface area contributed by atoms with Crippen molar-refractivity contribution in [3.63, 3.8) is 0 Å². The molecule has 1 saturated heterocycles. The number of nitrogens with zero attached hydrogens (tertiary/aromatic N) is 1. The highest BCUT2D eigenvalue weighted by Gasteiger charge is 2.56. The molecule has 33 heavy (non-hydrogen) atoms. The Bertz CT molecular complexity index is 1000. The van der Waals surface area contributed by atoms with Crippen LogP contribution in [0.4, 0.5) is 0 Å². The number of fused-ring (bicyclic) bond motifs is 1. The lowest BCUT2D eigenvalue weighted by Gasteiger charge is -2.57. The predicted molar refractivity (Wildman–Crippen MR) is 130 cm³/mol. The maximum atomic E-state index is 13.2. The topological polar surface area (TPSA) is 58.6 Å². The summed E-state index contributed by atoms with van der Waals surface area (Å²) in [6.07, 6.45) is 8.82. The molecule has 5 nitrogen and oxygen atoms in total. The fourth-order valence-corrected chi connectivity index (χ4v) is 6.48. The van der Waals surface area contributed by atoms with Gasteiger partial charge >= 0.3 is 0 Å². The van der Waals surface area contributed by atoms with Crippen LogP contribution in [0.5, 0.6) is 0 Å². The maximum Gasteiger partial charge on any atom is 0.254 e. The highest BCUT2D eigenvalue weighted by atomic mass is 16.5. The van der Waals surface area contributed by atoms with Crippen LogP contribution >= 0.6 is 0 Å². The van der Waals surface area contributed by atoms with Crippen LogP contribution in [-0.2, 0) is 9.53 Å². The van der Waals surface area contributed by atoms with Crippen molar-refractivity contribution in [2.75, 3.05) is 19.7 Å². The van der Waals surface area contributed by atoms with E-state index in [1.165, 1.54) is 32.1 Å². The van der Waals surface area contributed by atoms with Gasteiger partial charge in [-0.15, -0.1) is 0 Å². The van der Waals surface area contributed by atoms with Crippen molar-refractivity contribution < 1.29 is 14.3 Å². The summed E-state index contributed by atoms with van der Waals surface area (Å²) in [5.74, 6) is 0.246. The zero-order valence-corrected chi connectivity index (χ0v) is 19.7. The monoisotopic (exact) mass is 448 g/mol. The van der Waals surface area contributed by atoms with Gasteiger partial charge in [0.2, 0.25) is 5.91 Å². The molecule has 0 unspecified atom stereocenters. The number of likely N-dealkylation sites (tertiary alicyclic amines) is 1. The second kappa shape index (κ2) is 9.46. The third-order valence-electron chi connectivity index (χ3n) is 8.43. The average Bonchev–Trinajstić information content (AvgIpc) is 2.88. The molecule has 5 heteroatoms. The second-order valence-electron chi connectivity index (χ2n) is 10.1. The van der Waals surface area contributed by atoms with Crippen LogP contribution in [-0.4, -0.2) is 48.6 Å². The van der Waals surface area contributed by atoms with Gasteiger partial charge in [-0.1, -0.05) is 55.7 Å². The number of hydrogen-bond acceptors (Lipinski definition) is 3. The lowest BCUT2D eigenvalue weighted by Crippen LogP contribution is -2.66. The number of rotatable bonds is 5. The number of carbonyl (C=O) groups is 2. The van der Waals surface area contributed by atoms with E-state index in [1.807, 2.05) is 47.4 Å². The molecule has 5 rings (SSSR count). The molecule has 1 aliphatic heterocycles. The van der Waals surface area contributed by atoms with Gasteiger partial charge in [0.15, 0.2) is 0 Å². The number of benzene rings is 2. The molecule has 2 saturated carbocycles. The highest BCUT2D eigenvalue weighted by Crippen LogP contribution is 2.53. The Morgan fingerprint density at radius 3 is 2.52 bits per heavy atom. The molecule has 2 aromatic rings. The van der Waals surface area contributed by atoms with E-state index in [0.717, 1.165) is 42.2 Å². The molecule has 2 aliphatic carbocycles. The molecule has 176 valence electrons. The van der Waals surface area contributed by atoms with E-state index in [0.29, 0.717) is 19.2 Å². The summed E-state index contributed by atoms with van der Waals surface area (Å²) >= 11 is 0. The second-order valence-corrected chi connectivity index (χ2v) is 10.1. The normalized spacial score (nSPS) is 25.1. The summed E-state index contributed by atoms with van der Waals surface area (Å²) in [5, 5.41) is 5.49. The first kappa shape index (κ1) is 22.4. The third-order valence-corrected chi connectivity index (χ3v) is 8.43. The van der Waals surface area contributed by atoms with Crippen molar-refractivity contribution in [2.24, 2.45) is 11.3 Å². The SMILES string of the molecule is CCO[C@H]1C[C@H](NC(=O)C2CCN(C(=O)c3cccc4ccccc34)CC2)C12CCCCC2. The average molecular weight is 449 g/mol. The van der Waals surface area contributed by atoms with E-state index in [1.54, 1.807) is 0 Å². The van der Waals surface area contributed by atoms with Crippen LogP contribution in [0.1, 0.15) is 68.6 Å². The molecule has 1 heterocycles. The van der Waals surface area contributed by atoms with Crippen LogP contribution in [0, 0.1) is 11.3 Å². The van der Waals surface area contributed by atoms with Crippen molar-refractivity contribution in [3.05, 3.63) is 48.0 Å². The predicted octanol–water partition coefficient (Wildman–Crippen LogP) is 4.94. The number of carbonyl (C=O) groups excluding carboxylic acids is 2. The highest BCUT2D eigenvalue weighted by molar-refractivity contribution is 6.07. The zero-order valence-electron chi connectivity index (χ0n) is 19.7. The van der Waals surface area contributed by atoms with E-state index in [-0.39, 0.29) is 29.2 Å². The van der Waals surface area contributed by atoms with Gasteiger partial charge in [0, 0.05) is 42.6 Å². The largest absolute Gasteiger partial charge is 0.378 e. The quantitative estimate of drug-likeness (QED) is 0.705. The van der Waals surface area contributed by atoms with Crippen LogP contribution in [0.15, 0.2) is 42.5 Å². The van der Waals surface area contributed by atoms with Gasteiger partial charge in [0.25, 0.3) is 5.91 Å². The smallest absolute Gasteiger partial charge is 0.254 e. The number of nitrogens with one attached hydrogen (secondary N) is 1. The van der Waals surface area contributed by atoms with E-state index in [9.17, 15) is 9.59 Å². The zero-order chi connectivity index (χ0) is 22.8. The lowest BCUT2D eigenvalue weighted by atomic mass is 9.55. The molecule has 2 aromatic carbocycles. The first-order valence-corrected chi connectivity index (χ1v) is 12.8. The third kappa shape index (κ3) is 4.16. The van der Waals surface area contributed by atoms with Crippen molar-refractivity contribution in [1.82, 2.24) is 10.2 Å². The molecular formula is C28H36N2O3. The summed E-state index contributed by atoms with van der Waals surface area (Å²) in [7, 11) is 0. The summed E-state index contributed by atoms with van der Waals surface area (Å²) in [6.45, 7) is 4.08. The molecule has 3 aliphatic rings. The van der Waals surface area contributed by atoms with Crippen LogP contribution in [0.25, 0.3) is 10.8 Å². The van der Waals surface area contributed by atoms with Gasteiger partial charge < -0.3 is 15.0 Å². The van der Waals surface area contributed by atoms with E-state index in [4.69, 9.17) is 4.74 Å². The van der Waals surface area contributed by atoms with Crippen molar-refractivity contribution in [3.8, 4) is 0 Å². The molecule has 1 spiro atoms. The molecule has 0 radical (unpaired) electrons. The Hall–Kier alpha value is -2.40. The molecule has 0 bridgehead atoms. The molecule has 2 atom stereocenters. The Morgan fingerprint density at radius 2 is 1.76 bits per heavy atom. The van der Waals surface area contributed by atoms with Crippen LogP contribution in [0.2, 0.25) is 0 Å². The molecule has 1 N–H and O–H groups in total. The number of amides is 2. The summed E-state index contributed by atoms with van der Waals surface area (Å²) in [5.41, 5.74) is 0.904. The number of hydrogen-bond donors (Lipinski definition) is 1. The van der Waals surface area contributed by atoms with E-state index in [2.05, 4.69) is 12.2 Å². The number of ether oxygens (including phenoxy) is 1. The van der Waals surface area contributed by atoms with Gasteiger partial charge in [0.05, 0.1) is 6.10 Å². The van der Waals surface area contributed by atoms with Crippen molar-refractivity contribution >= 4 is 22.6 Å². The molecular weight excluding hydrogens is 412 g/mol. The summed E-state index contributed by atoms with van der Waals surface area (Å²) < 4.78 is 6.05. The van der Waals surface area contributed by atoms with Crippen LogP contribution in [0.3, 0.4) is 0 Å². The fourth-order valence-electron chi connectivity index (χ4n) is 6.48. The van der Waals surface area contributed by atoms with Gasteiger partial charge in [-0.05, 0) is 55.9 Å². The summed E-state index contributed by atoms with van der Waals surface area (Å²) in [6, 6.07) is 14.2. The molecule has 3 fully saturated rings. The van der Waals surface area contributed by atoms with Gasteiger partial charge in [0.1, 0.15) is 0 Å². The Labute approximate surface area is 196 Å². The maximum absolute atomic E-state index is 13.2. The lowest BCUT2D eigenvalue weighted by molar-refractivity contribution is -0.159. The van der Waals surface area contributed by atoms with Gasteiger partial charge in [-0.3, -0.25) is 9.59 Å². The van der Waals surface area contributed by atoms with Crippen molar-refractivity contribution in [1.29, 1.82) is 0 Å². The van der Waals surface area contributed by atoms with E-state index < -0.39 is 0 Å².